The molecule has 200 valence electrons. The van der Waals surface area contributed by atoms with Crippen LogP contribution in [0.5, 0.6) is 0 Å². The summed E-state index contributed by atoms with van der Waals surface area (Å²) in [6.45, 7) is 0.101. The van der Waals surface area contributed by atoms with E-state index in [1.807, 2.05) is 0 Å². The summed E-state index contributed by atoms with van der Waals surface area (Å²) in [6.07, 6.45) is -4.93. The van der Waals surface area contributed by atoms with Crippen molar-refractivity contribution in [3.8, 4) is 11.8 Å². The lowest BCUT2D eigenvalue weighted by atomic mass is 9.94. The Hall–Kier alpha value is -2.00. The van der Waals surface area contributed by atoms with E-state index in [2.05, 4.69) is 35.0 Å². The van der Waals surface area contributed by atoms with E-state index in [1.54, 1.807) is 0 Å². The Morgan fingerprint density at radius 1 is 1.28 bits per heavy atom. The highest BCUT2D eigenvalue weighted by Crippen LogP contribution is 2.66. The lowest BCUT2D eigenvalue weighted by Crippen LogP contribution is -2.46. The quantitative estimate of drug-likeness (QED) is 0.135. The van der Waals surface area contributed by atoms with E-state index in [0.29, 0.717) is 6.20 Å². The van der Waals surface area contributed by atoms with Crippen LogP contribution in [-0.4, -0.2) is 68.7 Å². The van der Waals surface area contributed by atoms with E-state index >= 15 is 0 Å². The third-order valence-electron chi connectivity index (χ3n) is 4.53. The second-order valence-electron chi connectivity index (χ2n) is 7.09. The molecule has 1 aliphatic rings. The fourth-order valence-electron chi connectivity index (χ4n) is 3.30. The number of aliphatic hydroxyl groups excluding tert-OH is 1. The van der Waals surface area contributed by atoms with Crippen molar-refractivity contribution >= 4 is 40.4 Å². The lowest BCUT2D eigenvalue weighted by molar-refractivity contribution is -0.0717. The van der Waals surface area contributed by atoms with Gasteiger partial charge in [0, 0.05) is 6.20 Å². The summed E-state index contributed by atoms with van der Waals surface area (Å²) in [4.78, 5) is 53.9. The highest BCUT2D eigenvalue weighted by molar-refractivity contribution is 7.66. The zero-order chi connectivity index (χ0) is 27.3. The first kappa shape index (κ1) is 28.6. The van der Waals surface area contributed by atoms with Crippen LogP contribution in [0.2, 0.25) is 0 Å². The first-order valence-electron chi connectivity index (χ1n) is 9.23. The van der Waals surface area contributed by atoms with Crippen LogP contribution in [0, 0.1) is 17.7 Å². The number of aromatic nitrogens is 3. The van der Waals surface area contributed by atoms with E-state index < -0.39 is 82.5 Å². The highest BCUT2D eigenvalue weighted by Gasteiger charge is 2.57. The minimum Gasteiger partial charge on any atom is -0.386 e. The van der Waals surface area contributed by atoms with Gasteiger partial charge in [-0.25, -0.2) is 18.1 Å². The van der Waals surface area contributed by atoms with Crippen LogP contribution in [0.3, 0.4) is 0 Å². The van der Waals surface area contributed by atoms with Crippen molar-refractivity contribution in [2.75, 3.05) is 12.3 Å². The van der Waals surface area contributed by atoms with Crippen molar-refractivity contribution in [3.05, 3.63) is 22.4 Å². The van der Waals surface area contributed by atoms with Gasteiger partial charge in [0.1, 0.15) is 17.6 Å². The number of aliphatic hydroxyl groups is 2. The van der Waals surface area contributed by atoms with E-state index in [4.69, 9.17) is 20.3 Å². The van der Waals surface area contributed by atoms with Crippen molar-refractivity contribution < 1.29 is 65.8 Å². The molecule has 1 saturated heterocycles. The molecule has 22 heteroatoms. The molecule has 1 fully saturated rings. The number of phosphoric ester groups is 1. The molecule has 18 nitrogen and oxygen atoms in total. The number of H-pyrrole nitrogens is 1. The minimum atomic E-state index is -5.82. The Labute approximate surface area is 198 Å². The average Bonchev–Trinajstić information content (AvgIpc) is 3.12. The number of hydrogen-bond donors (Lipinski definition) is 8. The Morgan fingerprint density at radius 3 is 2.50 bits per heavy atom. The van der Waals surface area contributed by atoms with Crippen LogP contribution in [0.25, 0.3) is 11.0 Å². The van der Waals surface area contributed by atoms with Crippen LogP contribution >= 0.6 is 23.5 Å². The SMILES string of the molecule is CC#CC1(O)[C@@H](O)[C@@H](COP(=O)(O)OP(=O)(O)OP(=O)(O)O)O[C@H]1n1cc(F)c2c(=O)[nH]c(N)nc21. The van der Waals surface area contributed by atoms with Crippen molar-refractivity contribution in [3.63, 3.8) is 0 Å². The van der Waals surface area contributed by atoms with Crippen LogP contribution in [-0.2, 0) is 31.6 Å². The van der Waals surface area contributed by atoms with Crippen LogP contribution in [0.15, 0.2) is 11.0 Å². The monoisotopic (exact) mass is 578 g/mol. The molecule has 2 aromatic rings. The molecule has 3 rings (SSSR count). The molecule has 0 saturated carbocycles. The topological polar surface area (TPSA) is 286 Å². The second kappa shape index (κ2) is 9.71. The third-order valence-corrected chi connectivity index (χ3v) is 8.34. The van der Waals surface area contributed by atoms with Crippen molar-refractivity contribution in [1.82, 2.24) is 14.5 Å². The van der Waals surface area contributed by atoms with Gasteiger partial charge in [-0.3, -0.25) is 18.9 Å². The van der Waals surface area contributed by atoms with E-state index in [-0.39, 0.29) is 0 Å². The number of rotatable bonds is 8. The maximum atomic E-state index is 14.5. The Balaban J connectivity index is 1.91. The van der Waals surface area contributed by atoms with Gasteiger partial charge >= 0.3 is 23.5 Å². The number of phosphoric acid groups is 3. The molecular weight excluding hydrogens is 560 g/mol. The largest absolute Gasteiger partial charge is 0.490 e. The van der Waals surface area contributed by atoms with Crippen LogP contribution in [0.4, 0.5) is 10.3 Å². The van der Waals surface area contributed by atoms with Gasteiger partial charge in [0.15, 0.2) is 23.3 Å². The zero-order valence-electron chi connectivity index (χ0n) is 17.7. The summed E-state index contributed by atoms with van der Waals surface area (Å²) in [5, 5.41) is 21.1. The third kappa shape index (κ3) is 5.93. The normalized spacial score (nSPS) is 27.8. The standard InChI is InChI=1S/C14H18FN4O14P3/c1-2-3-14(22)9(20)7(5-30-35(26,27)33-36(28,29)32-34(23,24)25)31-12(14)19-4-6(15)8-10(19)17-13(16)18-11(8)21/h4,7,9,12,20,22H,5H2,1H3,(H,26,27)(H,28,29)(H2,23,24,25)(H3,16,17,18,21)/t7-,9+,12-,14?/m1/s1. The predicted octanol–water partition coefficient (Wildman–Crippen LogP) is -1.20. The number of nitrogen functional groups attached to an aromatic ring is 1. The van der Waals surface area contributed by atoms with Gasteiger partial charge < -0.3 is 40.3 Å². The number of ether oxygens (including phenoxy) is 1. The first-order chi connectivity index (χ1) is 16.4. The zero-order valence-corrected chi connectivity index (χ0v) is 20.3. The molecule has 9 N–H and O–H groups in total. The van der Waals surface area contributed by atoms with Gasteiger partial charge in [-0.1, -0.05) is 5.92 Å². The van der Waals surface area contributed by atoms with Crippen molar-refractivity contribution in [1.29, 1.82) is 0 Å². The van der Waals surface area contributed by atoms with Gasteiger partial charge in [-0.15, -0.1) is 5.92 Å². The summed E-state index contributed by atoms with van der Waals surface area (Å²) in [7, 11) is -17.1. The average molecular weight is 578 g/mol. The highest BCUT2D eigenvalue weighted by atomic mass is 31.3. The number of nitrogens with one attached hydrogen (secondary N) is 1. The number of fused-ring (bicyclic) bond motifs is 1. The van der Waals surface area contributed by atoms with E-state index in [0.717, 1.165) is 4.57 Å². The van der Waals surface area contributed by atoms with E-state index in [9.17, 15) is 42.9 Å². The summed E-state index contributed by atoms with van der Waals surface area (Å²) in [5.41, 5.74) is 1.54. The van der Waals surface area contributed by atoms with Gasteiger partial charge in [0.05, 0.1) is 6.61 Å². The van der Waals surface area contributed by atoms with Gasteiger partial charge in [-0.2, -0.15) is 13.6 Å². The smallest absolute Gasteiger partial charge is 0.386 e. The molecule has 6 atom stereocenters. The van der Waals surface area contributed by atoms with Gasteiger partial charge in [0.25, 0.3) is 5.56 Å². The molecule has 3 heterocycles. The number of nitrogens with zero attached hydrogens (tertiary/aromatic N) is 2. The Kier molecular flexibility index (Phi) is 7.70. The maximum absolute atomic E-state index is 14.5. The second-order valence-corrected chi connectivity index (χ2v) is 11.5. The summed E-state index contributed by atoms with van der Waals surface area (Å²) in [5.74, 6) is 3.02. The molecule has 36 heavy (non-hydrogen) atoms. The van der Waals surface area contributed by atoms with Crippen molar-refractivity contribution in [2.45, 2.75) is 31.0 Å². The first-order valence-corrected chi connectivity index (χ1v) is 13.8. The molecule has 0 aromatic carbocycles. The fraction of sp³-hybridized carbons (Fsp3) is 0.429. The molecule has 0 bridgehead atoms. The number of nitrogens with two attached hydrogens (primary N) is 1. The molecule has 2 aromatic heterocycles. The van der Waals surface area contributed by atoms with Crippen LogP contribution in [0.1, 0.15) is 13.2 Å². The summed E-state index contributed by atoms with van der Waals surface area (Å²) >= 11 is 0. The predicted molar refractivity (Wildman–Crippen MR) is 113 cm³/mol. The molecule has 0 radical (unpaired) electrons. The van der Waals surface area contributed by atoms with Crippen LogP contribution < -0.4 is 11.3 Å². The van der Waals surface area contributed by atoms with Gasteiger partial charge in [-0.05, 0) is 6.92 Å². The van der Waals surface area contributed by atoms with Crippen molar-refractivity contribution in [2.24, 2.45) is 0 Å². The number of aromatic amines is 1. The molecule has 0 aliphatic carbocycles. The molecule has 1 aliphatic heterocycles. The lowest BCUT2D eigenvalue weighted by Gasteiger charge is -2.26. The molecular formula is C14H18FN4O14P3. The number of halogens is 1. The molecule has 0 spiro atoms. The fourth-order valence-corrected chi connectivity index (χ4v) is 6.32. The van der Waals surface area contributed by atoms with E-state index in [1.165, 1.54) is 6.92 Å². The Bertz CT molecular complexity index is 1440. The number of hydrogen-bond acceptors (Lipinski definition) is 12. The minimum absolute atomic E-state index is 0.421. The summed E-state index contributed by atoms with van der Waals surface area (Å²) in [6, 6.07) is 0. The van der Waals surface area contributed by atoms with Gasteiger partial charge in [0.2, 0.25) is 5.95 Å². The molecule has 3 unspecified atom stereocenters. The Morgan fingerprint density at radius 2 is 1.92 bits per heavy atom. The maximum Gasteiger partial charge on any atom is 0.490 e. The summed E-state index contributed by atoms with van der Waals surface area (Å²) < 4.78 is 66.4. The molecule has 0 amide bonds. The number of anilines is 1.